The summed E-state index contributed by atoms with van der Waals surface area (Å²) in [6.07, 6.45) is 1.09. The van der Waals surface area contributed by atoms with Gasteiger partial charge in [0.25, 0.3) is 0 Å². The largest absolute Gasteiger partial charge is 0.481 e. The molecule has 0 aromatic heterocycles. The van der Waals surface area contributed by atoms with E-state index in [0.29, 0.717) is 19.4 Å². The van der Waals surface area contributed by atoms with Crippen molar-refractivity contribution in [2.24, 2.45) is 5.41 Å². The van der Waals surface area contributed by atoms with Crippen molar-refractivity contribution in [2.75, 3.05) is 26.7 Å². The lowest BCUT2D eigenvalue weighted by molar-refractivity contribution is -0.153. The molecule has 24 heavy (non-hydrogen) atoms. The number of amides is 1. The van der Waals surface area contributed by atoms with Gasteiger partial charge in [0, 0.05) is 20.1 Å². The molecule has 1 aliphatic heterocycles. The van der Waals surface area contributed by atoms with Crippen molar-refractivity contribution >= 4 is 21.9 Å². The van der Waals surface area contributed by atoms with Crippen LogP contribution in [0.4, 0.5) is 0 Å². The number of carboxylic acid groups (broad SMARTS) is 1. The summed E-state index contributed by atoms with van der Waals surface area (Å²) in [6, 6.07) is 7.89. The number of carbonyl (C=O) groups excluding carboxylic acids is 1. The van der Waals surface area contributed by atoms with Gasteiger partial charge < -0.3 is 10.0 Å². The van der Waals surface area contributed by atoms with Crippen LogP contribution in [0.2, 0.25) is 0 Å². The monoisotopic (exact) mass is 354 g/mol. The van der Waals surface area contributed by atoms with Crippen molar-refractivity contribution in [1.82, 2.24) is 9.21 Å². The Hall–Kier alpha value is -1.93. The van der Waals surface area contributed by atoms with Crippen molar-refractivity contribution in [3.8, 4) is 0 Å². The van der Waals surface area contributed by atoms with E-state index in [1.54, 1.807) is 25.1 Å². The minimum atomic E-state index is -3.75. The zero-order chi connectivity index (χ0) is 18.0. The minimum Gasteiger partial charge on any atom is -0.481 e. The van der Waals surface area contributed by atoms with E-state index in [2.05, 4.69) is 0 Å². The third-order valence-electron chi connectivity index (χ3n) is 4.37. The smallest absolute Gasteiger partial charge is 0.311 e. The number of piperidine rings is 1. The van der Waals surface area contributed by atoms with E-state index in [0.717, 1.165) is 4.31 Å². The number of likely N-dealkylation sites (N-methyl/N-ethyl adjacent to an activating group) is 1. The molecule has 1 saturated heterocycles. The number of carboxylic acids is 1. The summed E-state index contributed by atoms with van der Waals surface area (Å²) in [6.45, 7) is 1.84. The Labute approximate surface area is 141 Å². The molecular weight excluding hydrogens is 332 g/mol. The van der Waals surface area contributed by atoms with Gasteiger partial charge in [0.1, 0.15) is 0 Å². The Morgan fingerprint density at radius 1 is 1.29 bits per heavy atom. The molecule has 1 aromatic rings. The number of hydrogen-bond acceptors (Lipinski definition) is 4. The van der Waals surface area contributed by atoms with Gasteiger partial charge in [-0.2, -0.15) is 4.31 Å². The van der Waals surface area contributed by atoms with E-state index in [1.165, 1.54) is 24.1 Å². The maximum absolute atomic E-state index is 12.4. The Balaban J connectivity index is 2.08. The van der Waals surface area contributed by atoms with Crippen molar-refractivity contribution in [2.45, 2.75) is 24.7 Å². The van der Waals surface area contributed by atoms with Crippen LogP contribution in [0.5, 0.6) is 0 Å². The lowest BCUT2D eigenvalue weighted by Gasteiger charge is -2.38. The molecule has 0 saturated carbocycles. The fourth-order valence-corrected chi connectivity index (χ4v) is 3.92. The van der Waals surface area contributed by atoms with Crippen LogP contribution in [-0.4, -0.2) is 61.3 Å². The highest BCUT2D eigenvalue weighted by molar-refractivity contribution is 7.89. The Morgan fingerprint density at radius 3 is 2.50 bits per heavy atom. The third kappa shape index (κ3) is 3.76. The lowest BCUT2D eigenvalue weighted by Crippen LogP contribution is -2.51. The maximum Gasteiger partial charge on any atom is 0.311 e. The van der Waals surface area contributed by atoms with Crippen LogP contribution in [0, 0.1) is 5.41 Å². The van der Waals surface area contributed by atoms with Gasteiger partial charge in [-0.3, -0.25) is 9.59 Å². The predicted molar refractivity (Wildman–Crippen MR) is 87.8 cm³/mol. The predicted octanol–water partition coefficient (Wildman–Crippen LogP) is 1.02. The van der Waals surface area contributed by atoms with Crippen LogP contribution >= 0.6 is 0 Å². The molecule has 1 aromatic carbocycles. The van der Waals surface area contributed by atoms with Gasteiger partial charge in [-0.25, -0.2) is 8.42 Å². The van der Waals surface area contributed by atoms with Gasteiger partial charge in [-0.05, 0) is 31.9 Å². The molecule has 1 N–H and O–H groups in total. The van der Waals surface area contributed by atoms with E-state index in [1.807, 2.05) is 0 Å². The number of benzene rings is 1. The zero-order valence-corrected chi connectivity index (χ0v) is 14.6. The van der Waals surface area contributed by atoms with E-state index in [-0.39, 0.29) is 23.9 Å². The number of hydrogen-bond donors (Lipinski definition) is 1. The van der Waals surface area contributed by atoms with Crippen LogP contribution in [-0.2, 0) is 19.6 Å². The molecule has 7 nitrogen and oxygen atoms in total. The zero-order valence-electron chi connectivity index (χ0n) is 13.8. The first-order chi connectivity index (χ1) is 11.2. The van der Waals surface area contributed by atoms with Crippen LogP contribution in [0.15, 0.2) is 35.2 Å². The number of sulfonamides is 1. The quantitative estimate of drug-likeness (QED) is 0.852. The second kappa shape index (κ2) is 6.90. The highest BCUT2D eigenvalue weighted by Crippen LogP contribution is 2.29. The summed E-state index contributed by atoms with van der Waals surface area (Å²) in [7, 11) is -2.40. The van der Waals surface area contributed by atoms with Crippen LogP contribution in [0.25, 0.3) is 0 Å². The van der Waals surface area contributed by atoms with Crippen LogP contribution < -0.4 is 0 Å². The second-order valence-electron chi connectivity index (χ2n) is 6.36. The number of likely N-dealkylation sites (tertiary alicyclic amines) is 1. The minimum absolute atomic E-state index is 0.0976. The molecule has 0 bridgehead atoms. The van der Waals surface area contributed by atoms with Gasteiger partial charge >= 0.3 is 5.97 Å². The standard InChI is InChI=1S/C16H22N2O5S/c1-16(15(20)21)9-6-10-18(12-16)14(19)11-17(2)24(22,23)13-7-4-3-5-8-13/h3-5,7-8H,6,9-12H2,1-2H3,(H,20,21). The Kier molecular flexibility index (Phi) is 5.29. The van der Waals surface area contributed by atoms with Crippen molar-refractivity contribution in [1.29, 1.82) is 0 Å². The van der Waals surface area contributed by atoms with E-state index < -0.39 is 21.4 Å². The topological polar surface area (TPSA) is 95.0 Å². The van der Waals surface area contributed by atoms with Gasteiger partial charge in [0.15, 0.2) is 0 Å². The molecule has 1 amide bonds. The molecule has 1 unspecified atom stereocenters. The third-order valence-corrected chi connectivity index (χ3v) is 6.19. The van der Waals surface area contributed by atoms with Gasteiger partial charge in [-0.1, -0.05) is 18.2 Å². The molecule has 1 heterocycles. The van der Waals surface area contributed by atoms with Crippen molar-refractivity contribution in [3.05, 3.63) is 30.3 Å². The summed E-state index contributed by atoms with van der Waals surface area (Å²) in [5, 5.41) is 9.31. The molecule has 1 aliphatic rings. The second-order valence-corrected chi connectivity index (χ2v) is 8.40. The van der Waals surface area contributed by atoms with E-state index in [4.69, 9.17) is 0 Å². The number of rotatable bonds is 5. The molecule has 1 atom stereocenters. The van der Waals surface area contributed by atoms with Crippen LogP contribution in [0.1, 0.15) is 19.8 Å². The first-order valence-electron chi connectivity index (χ1n) is 7.69. The Bertz CT molecular complexity index is 719. The van der Waals surface area contributed by atoms with Crippen molar-refractivity contribution < 1.29 is 23.1 Å². The van der Waals surface area contributed by atoms with Gasteiger partial charge in [-0.15, -0.1) is 0 Å². The molecule has 132 valence electrons. The number of nitrogens with zero attached hydrogens (tertiary/aromatic N) is 2. The molecule has 1 fully saturated rings. The molecule has 0 aliphatic carbocycles. The van der Waals surface area contributed by atoms with Crippen LogP contribution in [0.3, 0.4) is 0 Å². The summed E-state index contributed by atoms with van der Waals surface area (Å²) in [5.41, 5.74) is -0.981. The highest BCUT2D eigenvalue weighted by Gasteiger charge is 2.39. The average Bonchev–Trinajstić information content (AvgIpc) is 2.55. The molecule has 8 heteroatoms. The summed E-state index contributed by atoms with van der Waals surface area (Å²) >= 11 is 0. The first-order valence-corrected chi connectivity index (χ1v) is 9.13. The van der Waals surface area contributed by atoms with Gasteiger partial charge in [0.2, 0.25) is 15.9 Å². The SMILES string of the molecule is CN(CC(=O)N1CCCC(C)(C(=O)O)C1)S(=O)(=O)c1ccccc1. The number of carbonyl (C=O) groups is 2. The molecule has 0 spiro atoms. The van der Waals surface area contributed by atoms with E-state index >= 15 is 0 Å². The average molecular weight is 354 g/mol. The Morgan fingerprint density at radius 2 is 1.92 bits per heavy atom. The van der Waals surface area contributed by atoms with E-state index in [9.17, 15) is 23.1 Å². The summed E-state index contributed by atoms with van der Waals surface area (Å²) in [4.78, 5) is 25.3. The lowest BCUT2D eigenvalue weighted by atomic mass is 9.82. The molecular formula is C16H22N2O5S. The first kappa shape index (κ1) is 18.4. The van der Waals surface area contributed by atoms with Crippen molar-refractivity contribution in [3.63, 3.8) is 0 Å². The molecule has 0 radical (unpaired) electrons. The highest BCUT2D eigenvalue weighted by atomic mass is 32.2. The summed E-state index contributed by atoms with van der Waals surface area (Å²) in [5.74, 6) is -1.32. The summed E-state index contributed by atoms with van der Waals surface area (Å²) < 4.78 is 25.9. The number of aliphatic carboxylic acids is 1. The molecule has 2 rings (SSSR count). The van der Waals surface area contributed by atoms with Gasteiger partial charge in [0.05, 0.1) is 16.9 Å². The normalized spacial score (nSPS) is 21.7. The maximum atomic E-state index is 12.4. The fraction of sp³-hybridized carbons (Fsp3) is 0.500. The fourth-order valence-electron chi connectivity index (χ4n) is 2.77.